The lowest BCUT2D eigenvalue weighted by molar-refractivity contribution is 0.550. The average molecular weight is 251 g/mol. The first kappa shape index (κ1) is 12.2. The van der Waals surface area contributed by atoms with Gasteiger partial charge in [-0.15, -0.1) is 10.2 Å². The van der Waals surface area contributed by atoms with Gasteiger partial charge < -0.3 is 5.32 Å². The van der Waals surface area contributed by atoms with Gasteiger partial charge in [0, 0.05) is 12.7 Å². The van der Waals surface area contributed by atoms with Gasteiger partial charge in [-0.05, 0) is 25.5 Å². The Bertz CT molecular complexity index is 474. The molecule has 0 radical (unpaired) electrons. The third kappa shape index (κ3) is 3.34. The first-order chi connectivity index (χ1) is 8.15. The van der Waals surface area contributed by atoms with E-state index in [2.05, 4.69) is 34.5 Å². The second-order valence-corrected chi connectivity index (χ2v) is 5.45. The summed E-state index contributed by atoms with van der Waals surface area (Å²) in [4.78, 5) is 0. The molecule has 0 atom stereocenters. The highest BCUT2D eigenvalue weighted by Crippen LogP contribution is 2.14. The fourth-order valence-corrected chi connectivity index (χ4v) is 2.14. The molecule has 2 rings (SSSR count). The molecular formula is C11H17N5S. The van der Waals surface area contributed by atoms with Gasteiger partial charge in [-0.1, -0.05) is 25.2 Å². The lowest BCUT2D eigenvalue weighted by atomic mass is 10.2. The van der Waals surface area contributed by atoms with Gasteiger partial charge >= 0.3 is 0 Å². The first-order valence-electron chi connectivity index (χ1n) is 5.71. The quantitative estimate of drug-likeness (QED) is 0.880. The van der Waals surface area contributed by atoms with Crippen molar-refractivity contribution in [2.75, 3.05) is 6.54 Å². The van der Waals surface area contributed by atoms with E-state index in [1.807, 2.05) is 19.2 Å². The van der Waals surface area contributed by atoms with E-state index in [4.69, 9.17) is 0 Å². The van der Waals surface area contributed by atoms with Crippen molar-refractivity contribution < 1.29 is 0 Å². The molecule has 2 aromatic heterocycles. The fourth-order valence-electron chi connectivity index (χ4n) is 1.40. The Morgan fingerprint density at radius 2 is 2.24 bits per heavy atom. The Labute approximate surface area is 105 Å². The Hall–Kier alpha value is -1.27. The number of nitrogens with one attached hydrogen (secondary N) is 1. The van der Waals surface area contributed by atoms with E-state index in [0.29, 0.717) is 5.92 Å². The molecule has 0 aliphatic heterocycles. The molecule has 2 heterocycles. The van der Waals surface area contributed by atoms with Gasteiger partial charge in [0.15, 0.2) is 0 Å². The van der Waals surface area contributed by atoms with Gasteiger partial charge in [-0.3, -0.25) is 0 Å². The summed E-state index contributed by atoms with van der Waals surface area (Å²) in [7, 11) is 0. The third-order valence-corrected chi connectivity index (χ3v) is 3.12. The molecule has 0 aliphatic rings. The highest BCUT2D eigenvalue weighted by molar-refractivity contribution is 7.13. The molecule has 0 bridgehead atoms. The van der Waals surface area contributed by atoms with Crippen molar-refractivity contribution in [3.8, 4) is 5.13 Å². The Morgan fingerprint density at radius 3 is 2.88 bits per heavy atom. The SMILES string of the molecule is Cc1ccn(-c2nnc(CNCC(C)C)s2)n1. The Balaban J connectivity index is 1.96. The average Bonchev–Trinajstić information content (AvgIpc) is 2.86. The topological polar surface area (TPSA) is 55.6 Å². The van der Waals surface area contributed by atoms with Crippen molar-refractivity contribution in [3.05, 3.63) is 23.0 Å². The largest absolute Gasteiger partial charge is 0.310 e. The smallest absolute Gasteiger partial charge is 0.232 e. The summed E-state index contributed by atoms with van der Waals surface area (Å²) in [5, 5.41) is 17.7. The van der Waals surface area contributed by atoms with Crippen LogP contribution >= 0.6 is 11.3 Å². The van der Waals surface area contributed by atoms with Gasteiger partial charge in [-0.25, -0.2) is 4.68 Å². The zero-order chi connectivity index (χ0) is 12.3. The number of hydrogen-bond acceptors (Lipinski definition) is 5. The van der Waals surface area contributed by atoms with Gasteiger partial charge in [0.1, 0.15) is 5.01 Å². The van der Waals surface area contributed by atoms with Gasteiger partial charge in [0.25, 0.3) is 0 Å². The monoisotopic (exact) mass is 251 g/mol. The standard InChI is InChI=1S/C11H17N5S/c1-8(2)6-12-7-10-13-14-11(17-10)16-5-4-9(3)15-16/h4-5,8,12H,6-7H2,1-3H3. The van der Waals surface area contributed by atoms with Crippen LogP contribution in [0.25, 0.3) is 5.13 Å². The van der Waals surface area contributed by atoms with Crippen LogP contribution in [0.3, 0.4) is 0 Å². The number of hydrogen-bond donors (Lipinski definition) is 1. The maximum atomic E-state index is 4.31. The molecule has 0 spiro atoms. The molecule has 5 nitrogen and oxygen atoms in total. The van der Waals surface area contributed by atoms with Crippen LogP contribution in [0, 0.1) is 12.8 Å². The van der Waals surface area contributed by atoms with E-state index in [9.17, 15) is 0 Å². The van der Waals surface area contributed by atoms with Gasteiger partial charge in [0.2, 0.25) is 5.13 Å². The molecule has 0 aliphatic carbocycles. The minimum atomic E-state index is 0.649. The second kappa shape index (κ2) is 5.37. The van der Waals surface area contributed by atoms with Crippen LogP contribution in [0.2, 0.25) is 0 Å². The summed E-state index contributed by atoms with van der Waals surface area (Å²) < 4.78 is 1.76. The van der Waals surface area contributed by atoms with E-state index in [0.717, 1.165) is 28.9 Å². The van der Waals surface area contributed by atoms with Crippen molar-refractivity contribution in [1.82, 2.24) is 25.3 Å². The maximum Gasteiger partial charge on any atom is 0.232 e. The van der Waals surface area contributed by atoms with Gasteiger partial charge in [0.05, 0.1) is 5.69 Å². The lowest BCUT2D eigenvalue weighted by Gasteiger charge is -2.03. The van der Waals surface area contributed by atoms with Crippen molar-refractivity contribution in [2.24, 2.45) is 5.92 Å². The molecule has 0 saturated carbocycles. The highest BCUT2D eigenvalue weighted by atomic mass is 32.1. The Kier molecular flexibility index (Phi) is 3.86. The summed E-state index contributed by atoms with van der Waals surface area (Å²) in [6.07, 6.45) is 1.90. The minimum absolute atomic E-state index is 0.649. The van der Waals surface area contributed by atoms with E-state index < -0.39 is 0 Å². The van der Waals surface area contributed by atoms with Crippen LogP contribution in [0.15, 0.2) is 12.3 Å². The second-order valence-electron chi connectivity index (χ2n) is 4.40. The minimum Gasteiger partial charge on any atom is -0.310 e. The van der Waals surface area contributed by atoms with Gasteiger partial charge in [-0.2, -0.15) is 5.10 Å². The molecule has 0 saturated heterocycles. The van der Waals surface area contributed by atoms with Crippen LogP contribution < -0.4 is 5.32 Å². The van der Waals surface area contributed by atoms with E-state index in [-0.39, 0.29) is 0 Å². The number of aromatic nitrogens is 4. The number of nitrogens with zero attached hydrogens (tertiary/aromatic N) is 4. The molecule has 1 N–H and O–H groups in total. The molecule has 6 heteroatoms. The predicted octanol–water partition coefficient (Wildman–Crippen LogP) is 1.78. The molecule has 92 valence electrons. The molecule has 17 heavy (non-hydrogen) atoms. The Morgan fingerprint density at radius 1 is 1.41 bits per heavy atom. The summed E-state index contributed by atoms with van der Waals surface area (Å²) in [6, 6.07) is 1.96. The molecule has 0 unspecified atom stereocenters. The molecular weight excluding hydrogens is 234 g/mol. The fraction of sp³-hybridized carbons (Fsp3) is 0.545. The highest BCUT2D eigenvalue weighted by Gasteiger charge is 2.06. The zero-order valence-electron chi connectivity index (χ0n) is 10.3. The lowest BCUT2D eigenvalue weighted by Crippen LogP contribution is -2.18. The van der Waals surface area contributed by atoms with Crippen molar-refractivity contribution in [2.45, 2.75) is 27.3 Å². The first-order valence-corrected chi connectivity index (χ1v) is 6.52. The van der Waals surface area contributed by atoms with Crippen molar-refractivity contribution in [1.29, 1.82) is 0 Å². The molecule has 0 aromatic carbocycles. The molecule has 2 aromatic rings. The van der Waals surface area contributed by atoms with Crippen molar-refractivity contribution >= 4 is 11.3 Å². The van der Waals surface area contributed by atoms with Crippen LogP contribution in [0.5, 0.6) is 0 Å². The number of aryl methyl sites for hydroxylation is 1. The summed E-state index contributed by atoms with van der Waals surface area (Å²) in [6.45, 7) is 8.10. The van der Waals surface area contributed by atoms with Crippen LogP contribution in [-0.4, -0.2) is 26.5 Å². The zero-order valence-corrected chi connectivity index (χ0v) is 11.2. The maximum absolute atomic E-state index is 4.31. The van der Waals surface area contributed by atoms with Crippen LogP contribution in [0.1, 0.15) is 24.5 Å². The number of rotatable bonds is 5. The third-order valence-electron chi connectivity index (χ3n) is 2.20. The van der Waals surface area contributed by atoms with Crippen LogP contribution in [0.4, 0.5) is 0 Å². The molecule has 0 fully saturated rings. The summed E-state index contributed by atoms with van der Waals surface area (Å²) in [5.74, 6) is 0.649. The van der Waals surface area contributed by atoms with Crippen molar-refractivity contribution in [3.63, 3.8) is 0 Å². The van der Waals surface area contributed by atoms with E-state index in [1.165, 1.54) is 0 Å². The van der Waals surface area contributed by atoms with E-state index >= 15 is 0 Å². The van der Waals surface area contributed by atoms with E-state index in [1.54, 1.807) is 16.0 Å². The predicted molar refractivity (Wildman–Crippen MR) is 68.3 cm³/mol. The normalized spacial score (nSPS) is 11.3. The summed E-state index contributed by atoms with van der Waals surface area (Å²) in [5.41, 5.74) is 0.986. The summed E-state index contributed by atoms with van der Waals surface area (Å²) >= 11 is 1.57. The van der Waals surface area contributed by atoms with Crippen LogP contribution in [-0.2, 0) is 6.54 Å². The molecule has 0 amide bonds.